The molecular weight excluding hydrogens is 1240 g/mol. The van der Waals surface area contributed by atoms with Gasteiger partial charge < -0.3 is 65.7 Å². The van der Waals surface area contributed by atoms with Crippen molar-refractivity contribution in [2.45, 2.75) is 140 Å². The van der Waals surface area contributed by atoms with E-state index in [4.69, 9.17) is 26.8 Å². The number of carbonyl (C=O) groups excluding carboxylic acids is 8. The second-order valence-electron chi connectivity index (χ2n) is 23.8. The number of ether oxygens (including phenoxy) is 2. The van der Waals surface area contributed by atoms with Crippen LogP contribution in [0.2, 0.25) is 5.02 Å². The lowest BCUT2D eigenvalue weighted by atomic mass is 9.90. The highest BCUT2D eigenvalue weighted by Gasteiger charge is 2.47. The van der Waals surface area contributed by atoms with E-state index in [0.29, 0.717) is 80.1 Å². The van der Waals surface area contributed by atoms with E-state index in [1.54, 1.807) is 34.3 Å². The molecule has 0 radical (unpaired) electrons. The van der Waals surface area contributed by atoms with Crippen LogP contribution >= 0.6 is 30.5 Å². The highest BCUT2D eigenvalue weighted by molar-refractivity contribution is 7.70. The van der Waals surface area contributed by atoms with Gasteiger partial charge in [0, 0.05) is 81.3 Å². The predicted molar refractivity (Wildman–Crippen MR) is 333 cm³/mol. The maximum atomic E-state index is 14.8. The fraction of sp³-hybridized carbons (Fsp3) is 0.468. The molecule has 7 amide bonds. The number of hydrogen-bond acceptors (Lipinski definition) is 16. The number of thiazole rings is 1. The van der Waals surface area contributed by atoms with Gasteiger partial charge in [0.2, 0.25) is 35.4 Å². The average Bonchev–Trinajstić information content (AvgIpc) is 1.71. The number of amides is 7. The van der Waals surface area contributed by atoms with Crippen molar-refractivity contribution < 1.29 is 67.3 Å². The number of rotatable bonds is 23. The van der Waals surface area contributed by atoms with Gasteiger partial charge in [-0.05, 0) is 125 Å². The molecule has 8 atom stereocenters. The third kappa shape index (κ3) is 15.5. The Morgan fingerprint density at radius 1 is 0.945 bits per heavy atom. The van der Waals surface area contributed by atoms with Gasteiger partial charge in [-0.2, -0.15) is 0 Å². The molecule has 4 fully saturated rings. The molecule has 4 aliphatic heterocycles. The van der Waals surface area contributed by atoms with E-state index in [2.05, 4.69) is 36.2 Å². The highest BCUT2D eigenvalue weighted by atomic mass is 35.5. The number of carbonyl (C=O) groups is 8. The Morgan fingerprint density at radius 2 is 1.70 bits per heavy atom. The standard InChI is InChI=1S/C62H74ClN12O14PS/c1-34(37-10-12-40(13-11-37)56-35(2)65-33-91-56)66-59(81)51-28-46(77)30-73(51)61(83)55(39-21-24-88-25-22-39)74-29-43(70-71-74)8-4-6-38-7-5-9-52(54(38)63)89-32-44(15-19-53(64)78)67-58(80)50-18-16-45-20-23-72(36(3)76)31-49(60(82)75(45)50)69-57(79)48-27-42-26-41(14-17-47(42)68-48)62(84)90(85,86)87/h5,7,9-14,17,26-27,29,33-34,39,44-46,49-51,55,68,77H,4,6,8,15-16,18-25,28,30-32H2,1-3H3,(H2,64,78)(H,66,81)(H,67,80)(H,69,79)(H2,85,86,87)/t34-,44-,45+,46+,49-,50-,51-,55-/m0/s1. The number of primary amides is 1. The molecule has 26 nitrogen and oxygen atoms in total. The second-order valence-corrected chi connectivity index (χ2v) is 26.5. The molecule has 6 aromatic rings. The van der Waals surface area contributed by atoms with Crippen LogP contribution in [0.5, 0.6) is 5.75 Å². The summed E-state index contributed by atoms with van der Waals surface area (Å²) in [6, 6.07) is 12.7. The maximum absolute atomic E-state index is 14.8. The van der Waals surface area contributed by atoms with Crippen LogP contribution in [0.1, 0.15) is 127 Å². The van der Waals surface area contributed by atoms with Crippen LogP contribution in [0.15, 0.2) is 78.4 Å². The number of aromatic amines is 1. The summed E-state index contributed by atoms with van der Waals surface area (Å²) in [4.78, 5) is 141. The maximum Gasteiger partial charge on any atom is 0.396 e. The summed E-state index contributed by atoms with van der Waals surface area (Å²) in [5, 5.41) is 29.3. The minimum atomic E-state index is -5.09. The first-order valence-corrected chi connectivity index (χ1v) is 33.3. The lowest BCUT2D eigenvalue weighted by Gasteiger charge is -2.38. The van der Waals surface area contributed by atoms with E-state index in [1.165, 1.54) is 45.9 Å². The number of likely N-dealkylation sites (tertiary alicyclic amines) is 1. The Kier molecular flexibility index (Phi) is 20.8. The number of halogens is 1. The summed E-state index contributed by atoms with van der Waals surface area (Å²) in [6.45, 7) is 5.96. The number of β-amino-alcohol motifs (C(OH)–C–C–N with tert-alkyl or cyclic N) is 1. The minimum Gasteiger partial charge on any atom is -0.490 e. The van der Waals surface area contributed by atoms with Gasteiger partial charge in [-0.25, -0.2) is 9.67 Å². The fourth-order valence-electron chi connectivity index (χ4n) is 12.6. The largest absolute Gasteiger partial charge is 0.490 e. The number of nitrogens with zero attached hydrogens (tertiary/aromatic N) is 7. The Labute approximate surface area is 533 Å². The van der Waals surface area contributed by atoms with E-state index >= 15 is 0 Å². The summed E-state index contributed by atoms with van der Waals surface area (Å²) >= 11 is 8.57. The first-order valence-electron chi connectivity index (χ1n) is 30.4. The van der Waals surface area contributed by atoms with Gasteiger partial charge in [0.05, 0.1) is 45.0 Å². The van der Waals surface area contributed by atoms with Crippen molar-refractivity contribution in [2.75, 3.05) is 39.5 Å². The Hall–Kier alpha value is -7.91. The van der Waals surface area contributed by atoms with Gasteiger partial charge in [0.15, 0.2) is 0 Å². The number of hydrogen-bond donors (Lipinski definition) is 8. The third-order valence-corrected chi connectivity index (χ3v) is 19.7. The molecule has 0 saturated carbocycles. The van der Waals surface area contributed by atoms with Gasteiger partial charge in [-0.15, -0.1) is 16.4 Å². The fourth-order valence-corrected chi connectivity index (χ4v) is 14.2. The van der Waals surface area contributed by atoms with E-state index in [-0.39, 0.29) is 98.2 Å². The molecule has 0 unspecified atom stereocenters. The SMILES string of the molecule is CC(=O)N1CC[C@H]2CC[C@@H](C(=O)N[C@@H](CCC(N)=O)COc3cccc(CCCc4cn([C@H](C(=O)N5C[C@H](O)C[C@H]5C(=O)N[C@@H](C)c5ccc(-c6scnc6C)cc5)C5CCOCC5)nn4)c3Cl)N2C(=O)[C@@H](NC(=O)c2cc3cc(C(=O)P(=O)(O)O)ccc3[nH]2)C1. The van der Waals surface area contributed by atoms with Crippen molar-refractivity contribution >= 4 is 88.3 Å². The molecule has 10 rings (SSSR count). The van der Waals surface area contributed by atoms with Crippen LogP contribution in [0.4, 0.5) is 0 Å². The van der Waals surface area contributed by atoms with Crippen molar-refractivity contribution in [1.82, 2.24) is 55.6 Å². The van der Waals surface area contributed by atoms with Crippen molar-refractivity contribution in [3.05, 3.63) is 117 Å². The van der Waals surface area contributed by atoms with Crippen molar-refractivity contribution in [1.29, 1.82) is 0 Å². The molecule has 0 aliphatic carbocycles. The number of aliphatic hydroxyl groups is 1. The average molecular weight is 1310 g/mol. The molecule has 4 saturated heterocycles. The van der Waals surface area contributed by atoms with Crippen molar-refractivity contribution in [2.24, 2.45) is 11.7 Å². The van der Waals surface area contributed by atoms with Gasteiger partial charge in [-0.3, -0.25) is 42.9 Å². The predicted octanol–water partition coefficient (Wildman–Crippen LogP) is 4.68. The second kappa shape index (κ2) is 28.7. The first-order chi connectivity index (χ1) is 43.5. The molecule has 3 aromatic carbocycles. The monoisotopic (exact) mass is 1310 g/mol. The van der Waals surface area contributed by atoms with Crippen LogP contribution < -0.4 is 26.4 Å². The Balaban J connectivity index is 0.764. The van der Waals surface area contributed by atoms with Crippen molar-refractivity contribution in [3.8, 4) is 16.2 Å². The van der Waals surface area contributed by atoms with E-state index in [0.717, 1.165) is 27.3 Å². The summed E-state index contributed by atoms with van der Waals surface area (Å²) in [5.74, 6) is -3.41. The molecule has 0 spiro atoms. The molecule has 484 valence electrons. The quantitative estimate of drug-likeness (QED) is 0.0404. The van der Waals surface area contributed by atoms with Crippen LogP contribution in [-0.2, 0) is 50.9 Å². The number of nitrogens with two attached hydrogens (primary N) is 1. The number of aliphatic hydroxyl groups excluding tert-OH is 1. The summed E-state index contributed by atoms with van der Waals surface area (Å²) < 4.78 is 25.2. The van der Waals surface area contributed by atoms with Gasteiger partial charge >= 0.3 is 7.60 Å². The number of nitrogens with one attached hydrogen (secondary N) is 4. The van der Waals surface area contributed by atoms with Crippen LogP contribution in [0, 0.1) is 12.8 Å². The third-order valence-electron chi connectivity index (χ3n) is 17.5. The van der Waals surface area contributed by atoms with Gasteiger partial charge in [-0.1, -0.05) is 53.2 Å². The van der Waals surface area contributed by atoms with Crippen molar-refractivity contribution in [3.63, 3.8) is 0 Å². The number of aryl methyl sites for hydroxylation is 3. The summed E-state index contributed by atoms with van der Waals surface area (Å²) in [7, 11) is -5.09. The zero-order valence-corrected chi connectivity index (χ0v) is 53.0. The highest BCUT2D eigenvalue weighted by Crippen LogP contribution is 2.40. The summed E-state index contributed by atoms with van der Waals surface area (Å²) in [6.07, 6.45) is 4.58. The van der Waals surface area contributed by atoms with Crippen LogP contribution in [-0.4, -0.2) is 177 Å². The first kappa shape index (κ1) is 66.0. The zero-order valence-electron chi connectivity index (χ0n) is 50.5. The molecule has 0 bridgehead atoms. The zero-order chi connectivity index (χ0) is 64.8. The Morgan fingerprint density at radius 3 is 2.42 bits per heavy atom. The molecular formula is C62H74ClN12O14PS. The molecule has 9 N–H and O–H groups in total. The number of benzene rings is 3. The van der Waals surface area contributed by atoms with E-state index < -0.39 is 79.1 Å². The minimum absolute atomic E-state index is 0.0138. The number of fused-ring (bicyclic) bond motifs is 2. The van der Waals surface area contributed by atoms with Gasteiger partial charge in [0.25, 0.3) is 11.4 Å². The van der Waals surface area contributed by atoms with E-state index in [9.17, 15) is 57.8 Å². The Bertz CT molecular complexity index is 3760. The van der Waals surface area contributed by atoms with Gasteiger partial charge in [0.1, 0.15) is 42.2 Å². The lowest BCUT2D eigenvalue weighted by molar-refractivity contribution is -0.145. The molecule has 29 heteroatoms. The molecule has 3 aromatic heterocycles. The normalized spacial score (nSPS) is 20.7. The lowest BCUT2D eigenvalue weighted by Crippen LogP contribution is -2.61. The topological polar surface area (TPSA) is 364 Å². The smallest absolute Gasteiger partial charge is 0.396 e. The molecule has 4 aliphatic rings. The van der Waals surface area contributed by atoms with Crippen LogP contribution in [0.3, 0.4) is 0 Å². The summed E-state index contributed by atoms with van der Waals surface area (Å²) in [5.41, 5.74) is 10.3. The molecule has 91 heavy (non-hydrogen) atoms. The number of H-pyrrole nitrogens is 1. The molecule has 7 heterocycles. The van der Waals surface area contributed by atoms with E-state index in [1.807, 2.05) is 49.7 Å². The van der Waals surface area contributed by atoms with Crippen LogP contribution in [0.25, 0.3) is 21.3 Å². The number of aromatic nitrogens is 5.